The van der Waals surface area contributed by atoms with E-state index in [9.17, 15) is 13.2 Å². The van der Waals surface area contributed by atoms with Crippen molar-refractivity contribution in [3.8, 4) is 5.75 Å². The summed E-state index contributed by atoms with van der Waals surface area (Å²) in [5, 5.41) is 0. The van der Waals surface area contributed by atoms with Gasteiger partial charge >= 0.3 is 0 Å². The lowest BCUT2D eigenvalue weighted by Gasteiger charge is -2.09. The van der Waals surface area contributed by atoms with Gasteiger partial charge < -0.3 is 10.5 Å². The minimum absolute atomic E-state index is 0.00604. The van der Waals surface area contributed by atoms with Crippen LogP contribution in [0.5, 0.6) is 5.75 Å². The number of rotatable bonds is 9. The van der Waals surface area contributed by atoms with Crippen LogP contribution in [-0.4, -0.2) is 32.6 Å². The summed E-state index contributed by atoms with van der Waals surface area (Å²) in [6, 6.07) is 6.31. The van der Waals surface area contributed by atoms with Crippen molar-refractivity contribution in [1.29, 1.82) is 0 Å². The number of amides is 1. The van der Waals surface area contributed by atoms with Crippen molar-refractivity contribution < 1.29 is 17.9 Å². The van der Waals surface area contributed by atoms with Crippen molar-refractivity contribution in [2.45, 2.75) is 12.8 Å². The Hall–Kier alpha value is -1.47. The number of carbonyl (C=O) groups is 1. The molecule has 0 bridgehead atoms. The van der Waals surface area contributed by atoms with E-state index in [-0.39, 0.29) is 12.4 Å². The molecule has 0 radical (unpaired) electrons. The second-order valence-corrected chi connectivity index (χ2v) is 6.32. The quantitative estimate of drug-likeness (QED) is 0.529. The van der Waals surface area contributed by atoms with E-state index in [4.69, 9.17) is 22.1 Å². The fourth-order valence-electron chi connectivity index (χ4n) is 1.42. The van der Waals surface area contributed by atoms with E-state index >= 15 is 0 Å². The van der Waals surface area contributed by atoms with Crippen molar-refractivity contribution in [3.05, 3.63) is 24.3 Å². The van der Waals surface area contributed by atoms with Gasteiger partial charge in [0.15, 0.2) is 6.61 Å². The molecule has 112 valence electrons. The molecule has 0 saturated heterocycles. The zero-order valence-corrected chi connectivity index (χ0v) is 12.4. The summed E-state index contributed by atoms with van der Waals surface area (Å²) >= 11 is 5.50. The minimum atomic E-state index is -3.41. The number of primary amides is 1. The number of hydrogen-bond acceptors (Lipinski definition) is 4. The van der Waals surface area contributed by atoms with Crippen LogP contribution >= 0.6 is 11.6 Å². The highest BCUT2D eigenvalue weighted by atomic mass is 35.5. The summed E-state index contributed by atoms with van der Waals surface area (Å²) in [6.45, 7) is -0.258. The average molecular weight is 321 g/mol. The molecule has 1 aromatic rings. The highest BCUT2D eigenvalue weighted by Crippen LogP contribution is 2.18. The van der Waals surface area contributed by atoms with Crippen LogP contribution in [0.15, 0.2) is 24.3 Å². The molecule has 0 unspecified atom stereocenters. The Balaban J connectivity index is 2.63. The molecule has 20 heavy (non-hydrogen) atoms. The van der Waals surface area contributed by atoms with E-state index in [0.717, 1.165) is 0 Å². The van der Waals surface area contributed by atoms with Gasteiger partial charge in [-0.05, 0) is 25.0 Å². The monoisotopic (exact) mass is 320 g/mol. The third-order valence-electron chi connectivity index (χ3n) is 2.29. The number of halogens is 1. The molecule has 0 aliphatic rings. The molecule has 0 saturated carbocycles. The van der Waals surface area contributed by atoms with Gasteiger partial charge in [-0.15, -0.1) is 11.6 Å². The largest absolute Gasteiger partial charge is 0.484 e. The highest BCUT2D eigenvalue weighted by molar-refractivity contribution is 7.92. The predicted molar refractivity (Wildman–Crippen MR) is 78.5 cm³/mol. The fraction of sp³-hybridized carbons (Fsp3) is 0.417. The van der Waals surface area contributed by atoms with Crippen molar-refractivity contribution >= 4 is 33.2 Å². The Morgan fingerprint density at radius 1 is 1.35 bits per heavy atom. The number of alkyl halides is 1. The van der Waals surface area contributed by atoms with Gasteiger partial charge in [-0.1, -0.05) is 6.07 Å². The normalized spacial score (nSPS) is 11.1. The fourth-order valence-corrected chi connectivity index (χ4v) is 2.78. The molecule has 1 amide bonds. The number of benzene rings is 1. The molecular formula is C12H17ClN2O4S. The predicted octanol–water partition coefficient (Wildman–Crippen LogP) is 1.31. The summed E-state index contributed by atoms with van der Waals surface area (Å²) in [6.07, 6.45) is 1.14. The number of carbonyl (C=O) groups excluding carboxylic acids is 1. The number of nitrogens with one attached hydrogen (secondary N) is 1. The molecule has 1 rings (SSSR count). The van der Waals surface area contributed by atoms with Gasteiger partial charge in [0, 0.05) is 11.9 Å². The van der Waals surface area contributed by atoms with Crippen LogP contribution in [0.1, 0.15) is 12.8 Å². The third kappa shape index (κ3) is 6.63. The second kappa shape index (κ2) is 7.96. The highest BCUT2D eigenvalue weighted by Gasteiger charge is 2.10. The Bertz CT molecular complexity index is 548. The van der Waals surface area contributed by atoms with Crippen LogP contribution in [0, 0.1) is 0 Å². The Morgan fingerprint density at radius 3 is 2.75 bits per heavy atom. The molecule has 0 aliphatic heterocycles. The van der Waals surface area contributed by atoms with Crippen LogP contribution in [0.25, 0.3) is 0 Å². The van der Waals surface area contributed by atoms with E-state index in [2.05, 4.69) is 4.72 Å². The van der Waals surface area contributed by atoms with Gasteiger partial charge in [-0.2, -0.15) is 0 Å². The number of ether oxygens (including phenoxy) is 1. The minimum Gasteiger partial charge on any atom is -0.484 e. The molecule has 0 spiro atoms. The van der Waals surface area contributed by atoms with Gasteiger partial charge in [-0.3, -0.25) is 9.52 Å². The van der Waals surface area contributed by atoms with E-state index in [1.807, 2.05) is 0 Å². The number of sulfonamides is 1. The molecule has 0 fully saturated rings. The second-order valence-electron chi connectivity index (χ2n) is 4.10. The smallest absolute Gasteiger partial charge is 0.255 e. The van der Waals surface area contributed by atoms with Crippen LogP contribution in [0.4, 0.5) is 5.69 Å². The van der Waals surface area contributed by atoms with Crippen LogP contribution in [0.2, 0.25) is 0 Å². The Morgan fingerprint density at radius 2 is 2.10 bits per heavy atom. The first-order chi connectivity index (χ1) is 9.43. The first-order valence-corrected chi connectivity index (χ1v) is 8.19. The van der Waals surface area contributed by atoms with E-state index in [0.29, 0.717) is 30.2 Å². The van der Waals surface area contributed by atoms with Gasteiger partial charge in [-0.25, -0.2) is 8.42 Å². The Kier molecular flexibility index (Phi) is 6.60. The van der Waals surface area contributed by atoms with Gasteiger partial charge in [0.05, 0.1) is 11.4 Å². The van der Waals surface area contributed by atoms with E-state index < -0.39 is 15.9 Å². The van der Waals surface area contributed by atoms with Gasteiger partial charge in [0.1, 0.15) is 5.75 Å². The third-order valence-corrected chi connectivity index (χ3v) is 3.93. The summed E-state index contributed by atoms with van der Waals surface area (Å²) in [5.74, 6) is 0.208. The molecule has 0 aromatic heterocycles. The molecule has 1 aromatic carbocycles. The van der Waals surface area contributed by atoms with Crippen molar-refractivity contribution in [3.63, 3.8) is 0 Å². The standard InChI is InChI=1S/C12H17ClN2O4S/c13-6-1-2-7-20(17,18)15-10-4-3-5-11(8-10)19-9-12(14)16/h3-5,8,15H,1-2,6-7,9H2,(H2,14,16). The lowest BCUT2D eigenvalue weighted by Crippen LogP contribution is -2.20. The molecule has 0 heterocycles. The average Bonchev–Trinajstić information content (AvgIpc) is 2.36. The van der Waals surface area contributed by atoms with Crippen molar-refractivity contribution in [2.75, 3.05) is 23.0 Å². The van der Waals surface area contributed by atoms with Crippen molar-refractivity contribution in [2.24, 2.45) is 5.73 Å². The summed E-state index contributed by atoms with van der Waals surface area (Å²) in [5.41, 5.74) is 5.33. The number of nitrogens with two attached hydrogens (primary N) is 1. The lowest BCUT2D eigenvalue weighted by molar-refractivity contribution is -0.119. The van der Waals surface area contributed by atoms with E-state index in [1.54, 1.807) is 18.2 Å². The van der Waals surface area contributed by atoms with Gasteiger partial charge in [0.2, 0.25) is 10.0 Å². The molecular weight excluding hydrogens is 304 g/mol. The number of unbranched alkanes of at least 4 members (excludes halogenated alkanes) is 1. The molecule has 0 aliphatic carbocycles. The zero-order chi connectivity index (χ0) is 15.0. The molecule has 6 nitrogen and oxygen atoms in total. The van der Waals surface area contributed by atoms with E-state index in [1.165, 1.54) is 6.07 Å². The molecule has 8 heteroatoms. The van der Waals surface area contributed by atoms with Crippen LogP contribution < -0.4 is 15.2 Å². The molecule has 0 atom stereocenters. The van der Waals surface area contributed by atoms with Crippen LogP contribution in [-0.2, 0) is 14.8 Å². The zero-order valence-electron chi connectivity index (χ0n) is 10.8. The maximum absolute atomic E-state index is 11.8. The first kappa shape index (κ1) is 16.6. The maximum Gasteiger partial charge on any atom is 0.255 e. The summed E-state index contributed by atoms with van der Waals surface area (Å²) < 4.78 is 31.1. The lowest BCUT2D eigenvalue weighted by atomic mass is 10.3. The molecule has 3 N–H and O–H groups in total. The van der Waals surface area contributed by atoms with Crippen LogP contribution in [0.3, 0.4) is 0 Å². The number of anilines is 1. The Labute approximate surface area is 123 Å². The summed E-state index contributed by atoms with van der Waals surface area (Å²) in [7, 11) is -3.41. The van der Waals surface area contributed by atoms with Gasteiger partial charge in [0.25, 0.3) is 5.91 Å². The topological polar surface area (TPSA) is 98.5 Å². The number of hydrogen-bond donors (Lipinski definition) is 2. The maximum atomic E-state index is 11.8. The first-order valence-electron chi connectivity index (χ1n) is 6.00. The summed E-state index contributed by atoms with van der Waals surface area (Å²) in [4.78, 5) is 10.6. The van der Waals surface area contributed by atoms with Crippen molar-refractivity contribution in [1.82, 2.24) is 0 Å². The SMILES string of the molecule is NC(=O)COc1cccc(NS(=O)(=O)CCCCCl)c1.